The van der Waals surface area contributed by atoms with Crippen molar-refractivity contribution in [1.29, 1.82) is 0 Å². The van der Waals surface area contributed by atoms with Crippen LogP contribution < -0.4 is 5.73 Å². The zero-order valence-corrected chi connectivity index (χ0v) is 12.9. The highest BCUT2D eigenvalue weighted by molar-refractivity contribution is 5.11. The van der Waals surface area contributed by atoms with Crippen LogP contribution in [0.4, 0.5) is 0 Å². The van der Waals surface area contributed by atoms with Crippen LogP contribution in [0.3, 0.4) is 0 Å². The molecule has 0 aliphatic carbocycles. The molecule has 5 nitrogen and oxygen atoms in total. The Bertz CT molecular complexity index is 522. The number of hydrogen-bond donors (Lipinski definition) is 1. The Balaban J connectivity index is 1.95. The summed E-state index contributed by atoms with van der Waals surface area (Å²) in [5.74, 6) is 0. The van der Waals surface area contributed by atoms with Crippen molar-refractivity contribution in [2.45, 2.75) is 32.4 Å². The van der Waals surface area contributed by atoms with E-state index in [1.54, 1.807) is 0 Å². The molecule has 0 bridgehead atoms. The van der Waals surface area contributed by atoms with Crippen molar-refractivity contribution in [3.05, 3.63) is 48.0 Å². The van der Waals surface area contributed by atoms with Gasteiger partial charge in [-0.2, -0.15) is 5.10 Å². The number of aryl methyl sites for hydroxylation is 1. The third kappa shape index (κ3) is 4.37. The SMILES string of the molecule is CCCn1cc(C(CN)N(C)CCc2ccccn2)cn1. The van der Waals surface area contributed by atoms with Gasteiger partial charge in [0, 0.05) is 55.7 Å². The van der Waals surface area contributed by atoms with Crippen molar-refractivity contribution in [1.82, 2.24) is 19.7 Å². The van der Waals surface area contributed by atoms with Gasteiger partial charge in [0.2, 0.25) is 0 Å². The summed E-state index contributed by atoms with van der Waals surface area (Å²) in [5.41, 5.74) is 8.27. The van der Waals surface area contributed by atoms with Crippen LogP contribution in [0.15, 0.2) is 36.8 Å². The second-order valence-electron chi connectivity index (χ2n) is 5.34. The molecule has 1 unspecified atom stereocenters. The molecule has 2 heterocycles. The Labute approximate surface area is 126 Å². The van der Waals surface area contributed by atoms with E-state index in [0.29, 0.717) is 6.54 Å². The Morgan fingerprint density at radius 2 is 2.24 bits per heavy atom. The Morgan fingerprint density at radius 3 is 2.90 bits per heavy atom. The van der Waals surface area contributed by atoms with Gasteiger partial charge in [0.1, 0.15) is 0 Å². The number of pyridine rings is 1. The van der Waals surface area contributed by atoms with Crippen LogP contribution in [0.25, 0.3) is 0 Å². The van der Waals surface area contributed by atoms with Crippen LogP contribution in [0.5, 0.6) is 0 Å². The van der Waals surface area contributed by atoms with E-state index in [1.807, 2.05) is 29.2 Å². The van der Waals surface area contributed by atoms with Gasteiger partial charge in [0.05, 0.1) is 6.20 Å². The first-order chi connectivity index (χ1) is 10.2. The lowest BCUT2D eigenvalue weighted by Gasteiger charge is -2.25. The van der Waals surface area contributed by atoms with E-state index in [0.717, 1.165) is 31.6 Å². The van der Waals surface area contributed by atoms with Crippen LogP contribution >= 0.6 is 0 Å². The predicted octanol–water partition coefficient (Wildman–Crippen LogP) is 1.86. The number of hydrogen-bond acceptors (Lipinski definition) is 4. The quantitative estimate of drug-likeness (QED) is 0.805. The molecule has 2 aromatic heterocycles. The summed E-state index contributed by atoms with van der Waals surface area (Å²) in [4.78, 5) is 6.64. The van der Waals surface area contributed by atoms with Gasteiger partial charge >= 0.3 is 0 Å². The minimum Gasteiger partial charge on any atom is -0.329 e. The van der Waals surface area contributed by atoms with Crippen molar-refractivity contribution < 1.29 is 0 Å². The Kier molecular flexibility index (Phi) is 5.90. The first-order valence-electron chi connectivity index (χ1n) is 7.57. The first-order valence-corrected chi connectivity index (χ1v) is 7.57. The minimum atomic E-state index is 0.208. The molecule has 0 aliphatic rings. The zero-order chi connectivity index (χ0) is 15.1. The molecule has 0 aromatic carbocycles. The van der Waals surface area contributed by atoms with E-state index >= 15 is 0 Å². The Hall–Kier alpha value is -1.72. The second kappa shape index (κ2) is 7.90. The summed E-state index contributed by atoms with van der Waals surface area (Å²) < 4.78 is 1.99. The molecule has 2 rings (SSSR count). The van der Waals surface area contributed by atoms with Crippen LogP contribution in [0.1, 0.15) is 30.6 Å². The fraction of sp³-hybridized carbons (Fsp3) is 0.500. The largest absolute Gasteiger partial charge is 0.329 e. The third-order valence-corrected chi connectivity index (χ3v) is 3.69. The van der Waals surface area contributed by atoms with Gasteiger partial charge in [-0.3, -0.25) is 14.6 Å². The maximum Gasteiger partial charge on any atom is 0.0538 e. The van der Waals surface area contributed by atoms with Crippen LogP contribution in [0, 0.1) is 0 Å². The lowest BCUT2D eigenvalue weighted by Crippen LogP contribution is -2.32. The number of likely N-dealkylation sites (N-methyl/N-ethyl adjacent to an activating group) is 1. The molecule has 114 valence electrons. The second-order valence-corrected chi connectivity index (χ2v) is 5.34. The van der Waals surface area contributed by atoms with Crippen LogP contribution in [0.2, 0.25) is 0 Å². The van der Waals surface area contributed by atoms with Crippen LogP contribution in [-0.2, 0) is 13.0 Å². The third-order valence-electron chi connectivity index (χ3n) is 3.69. The number of nitrogens with two attached hydrogens (primary N) is 1. The predicted molar refractivity (Wildman–Crippen MR) is 84.9 cm³/mol. The molecule has 0 aliphatic heterocycles. The fourth-order valence-corrected chi connectivity index (χ4v) is 2.47. The maximum absolute atomic E-state index is 5.96. The average Bonchev–Trinajstić information content (AvgIpc) is 2.96. The van der Waals surface area contributed by atoms with Gasteiger partial charge in [-0.15, -0.1) is 0 Å². The lowest BCUT2D eigenvalue weighted by molar-refractivity contribution is 0.252. The summed E-state index contributed by atoms with van der Waals surface area (Å²) in [6.45, 7) is 4.63. The van der Waals surface area contributed by atoms with E-state index in [9.17, 15) is 0 Å². The molecular formula is C16H25N5. The van der Waals surface area contributed by atoms with Gasteiger partial charge in [0.15, 0.2) is 0 Å². The molecule has 1 atom stereocenters. The topological polar surface area (TPSA) is 60.0 Å². The molecular weight excluding hydrogens is 262 g/mol. The summed E-state index contributed by atoms with van der Waals surface area (Å²) in [7, 11) is 2.11. The fourth-order valence-electron chi connectivity index (χ4n) is 2.47. The first kappa shape index (κ1) is 15.7. The van der Waals surface area contributed by atoms with Crippen molar-refractivity contribution in [3.63, 3.8) is 0 Å². The molecule has 2 aromatic rings. The van der Waals surface area contributed by atoms with Gasteiger partial charge in [-0.05, 0) is 25.6 Å². The summed E-state index contributed by atoms with van der Waals surface area (Å²) in [6, 6.07) is 6.24. The van der Waals surface area contributed by atoms with Crippen molar-refractivity contribution in [2.24, 2.45) is 5.73 Å². The molecule has 21 heavy (non-hydrogen) atoms. The van der Waals surface area contributed by atoms with Gasteiger partial charge in [-0.25, -0.2) is 0 Å². The highest BCUT2D eigenvalue weighted by Gasteiger charge is 2.17. The highest BCUT2D eigenvalue weighted by atomic mass is 15.3. The number of nitrogens with zero attached hydrogens (tertiary/aromatic N) is 4. The lowest BCUT2D eigenvalue weighted by atomic mass is 10.1. The van der Waals surface area contributed by atoms with Gasteiger partial charge < -0.3 is 5.73 Å². The summed E-state index contributed by atoms with van der Waals surface area (Å²) in [6.07, 6.45) is 7.90. The monoisotopic (exact) mass is 287 g/mol. The van der Waals surface area contributed by atoms with E-state index < -0.39 is 0 Å². The van der Waals surface area contributed by atoms with Crippen molar-refractivity contribution in [3.8, 4) is 0 Å². The highest BCUT2D eigenvalue weighted by Crippen LogP contribution is 2.18. The molecule has 0 saturated carbocycles. The van der Waals surface area contributed by atoms with E-state index in [4.69, 9.17) is 5.73 Å². The maximum atomic E-state index is 5.96. The standard InChI is InChI=1S/C16H25N5/c1-3-9-21-13-14(12-19-21)16(11-17)20(2)10-7-15-6-4-5-8-18-15/h4-6,8,12-13,16H,3,7,9-11,17H2,1-2H3. The van der Waals surface area contributed by atoms with E-state index in [1.165, 1.54) is 5.56 Å². The van der Waals surface area contributed by atoms with Crippen LogP contribution in [-0.4, -0.2) is 39.8 Å². The minimum absolute atomic E-state index is 0.208. The molecule has 0 radical (unpaired) electrons. The normalized spacial score (nSPS) is 12.8. The summed E-state index contributed by atoms with van der Waals surface area (Å²) >= 11 is 0. The van der Waals surface area contributed by atoms with Crippen molar-refractivity contribution in [2.75, 3.05) is 20.1 Å². The number of rotatable bonds is 8. The van der Waals surface area contributed by atoms with Gasteiger partial charge in [0.25, 0.3) is 0 Å². The molecule has 0 saturated heterocycles. The molecule has 0 amide bonds. The Morgan fingerprint density at radius 1 is 1.38 bits per heavy atom. The smallest absolute Gasteiger partial charge is 0.0538 e. The zero-order valence-electron chi connectivity index (χ0n) is 12.9. The van der Waals surface area contributed by atoms with E-state index in [2.05, 4.69) is 41.2 Å². The number of aromatic nitrogens is 3. The molecule has 2 N–H and O–H groups in total. The average molecular weight is 287 g/mol. The van der Waals surface area contributed by atoms with E-state index in [-0.39, 0.29) is 6.04 Å². The van der Waals surface area contributed by atoms with Gasteiger partial charge in [-0.1, -0.05) is 13.0 Å². The molecule has 0 spiro atoms. The summed E-state index contributed by atoms with van der Waals surface area (Å²) in [5, 5.41) is 4.40. The molecule has 5 heteroatoms. The van der Waals surface area contributed by atoms with Crippen molar-refractivity contribution >= 4 is 0 Å². The molecule has 0 fully saturated rings.